The Morgan fingerprint density at radius 2 is 1.02 bits per heavy atom. The Morgan fingerprint density at radius 3 is 1.89 bits per heavy atom. The maximum Gasteiger partial charge on any atom is 0.161 e. The molecular weight excluding hydrogens is 685 g/mol. The number of aromatic nitrogens is 2. The van der Waals surface area contributed by atoms with Crippen molar-refractivity contribution in [2.24, 2.45) is 0 Å². The summed E-state index contributed by atoms with van der Waals surface area (Å²) < 4.78 is 2.64. The van der Waals surface area contributed by atoms with Gasteiger partial charge in [0.05, 0.1) is 11.4 Å². The average molecular weight is 719 g/mol. The highest BCUT2D eigenvalue weighted by molar-refractivity contribution is 7.25. The second-order valence-corrected chi connectivity index (χ2v) is 15.8. The lowest BCUT2D eigenvalue weighted by atomic mass is 9.74. The van der Waals surface area contributed by atoms with E-state index in [1.165, 1.54) is 64.5 Å². The zero-order chi connectivity index (χ0) is 36.5. The van der Waals surface area contributed by atoms with Crippen LogP contribution in [0, 0.1) is 0 Å². The molecule has 10 aromatic rings. The van der Waals surface area contributed by atoms with E-state index in [1.54, 1.807) is 0 Å². The summed E-state index contributed by atoms with van der Waals surface area (Å²) in [5.74, 6) is 0.721. The van der Waals surface area contributed by atoms with Gasteiger partial charge in [0.25, 0.3) is 0 Å². The Labute approximate surface area is 324 Å². The fourth-order valence-corrected chi connectivity index (χ4v) is 9.85. The summed E-state index contributed by atoms with van der Waals surface area (Å²) in [4.78, 5) is 10.6. The zero-order valence-corrected chi connectivity index (χ0v) is 31.0. The van der Waals surface area contributed by atoms with Crippen LogP contribution in [0.5, 0.6) is 0 Å². The molecule has 0 saturated heterocycles. The van der Waals surface area contributed by atoms with Gasteiger partial charge < -0.3 is 0 Å². The largest absolute Gasteiger partial charge is 0.228 e. The lowest BCUT2D eigenvalue weighted by Crippen LogP contribution is -2.22. The van der Waals surface area contributed by atoms with Crippen molar-refractivity contribution in [3.05, 3.63) is 205 Å². The standard InChI is InChI=1S/C52H34N2S/c1-52(38-14-3-2-4-15-38)45-20-9-7-17-40(45)43-31-37(26-28-46(43)52)48-32-47(53-51(54-48)42-19-11-13-34-12-5-6-16-39(34)42)35-24-22-33(23-25-35)36-27-29-50-44(30-36)41-18-8-10-21-49(41)55-50/h2-32H,1H3. The summed E-state index contributed by atoms with van der Waals surface area (Å²) in [6.07, 6.45) is 0. The van der Waals surface area contributed by atoms with Gasteiger partial charge in [0.2, 0.25) is 0 Å². The van der Waals surface area contributed by atoms with Crippen molar-refractivity contribution in [3.8, 4) is 56.2 Å². The second kappa shape index (κ2) is 12.4. The van der Waals surface area contributed by atoms with Crippen LogP contribution in [0.25, 0.3) is 87.1 Å². The van der Waals surface area contributed by atoms with Gasteiger partial charge in [0.15, 0.2) is 5.82 Å². The molecule has 3 heteroatoms. The number of hydrogen-bond donors (Lipinski definition) is 0. The summed E-state index contributed by atoms with van der Waals surface area (Å²) in [6.45, 7) is 2.36. The molecule has 0 radical (unpaired) electrons. The highest BCUT2D eigenvalue weighted by atomic mass is 32.1. The third kappa shape index (κ3) is 5.08. The molecule has 258 valence electrons. The number of thiophene rings is 1. The fourth-order valence-electron chi connectivity index (χ4n) is 8.77. The molecule has 0 aliphatic heterocycles. The Kier molecular flexibility index (Phi) is 7.20. The summed E-state index contributed by atoms with van der Waals surface area (Å²) in [6, 6.07) is 68.1. The van der Waals surface area contributed by atoms with Gasteiger partial charge in [-0.1, -0.05) is 158 Å². The maximum absolute atomic E-state index is 5.33. The molecule has 8 aromatic carbocycles. The first-order valence-corrected chi connectivity index (χ1v) is 19.6. The predicted octanol–water partition coefficient (Wildman–Crippen LogP) is 14.0. The van der Waals surface area contributed by atoms with Crippen molar-refractivity contribution >= 4 is 42.3 Å². The molecule has 0 N–H and O–H groups in total. The monoisotopic (exact) mass is 718 g/mol. The number of fused-ring (bicyclic) bond motifs is 7. The fraction of sp³-hybridized carbons (Fsp3) is 0.0385. The predicted molar refractivity (Wildman–Crippen MR) is 232 cm³/mol. The van der Waals surface area contributed by atoms with Crippen LogP contribution in [0.15, 0.2) is 188 Å². The molecule has 0 saturated carbocycles. The van der Waals surface area contributed by atoms with Crippen LogP contribution in [-0.2, 0) is 5.41 Å². The summed E-state index contributed by atoms with van der Waals surface area (Å²) in [5, 5.41) is 4.93. The van der Waals surface area contributed by atoms with Crippen molar-refractivity contribution in [2.75, 3.05) is 0 Å². The SMILES string of the molecule is CC1(c2ccccc2)c2ccccc2-c2cc(-c3cc(-c4ccc(-c5ccc6sc7ccccc7c6c5)cc4)nc(-c4cccc5ccccc45)n3)ccc21. The molecule has 0 fully saturated rings. The van der Waals surface area contributed by atoms with Gasteiger partial charge in [-0.3, -0.25) is 0 Å². The smallest absolute Gasteiger partial charge is 0.161 e. The third-order valence-electron chi connectivity index (χ3n) is 11.6. The first-order chi connectivity index (χ1) is 27.1. The molecule has 1 aliphatic carbocycles. The van der Waals surface area contributed by atoms with E-state index in [-0.39, 0.29) is 5.41 Å². The molecule has 0 amide bonds. The molecule has 1 unspecified atom stereocenters. The van der Waals surface area contributed by atoms with Crippen molar-refractivity contribution in [3.63, 3.8) is 0 Å². The molecule has 1 aliphatic rings. The van der Waals surface area contributed by atoms with Crippen molar-refractivity contribution < 1.29 is 0 Å². The van der Waals surface area contributed by atoms with Crippen LogP contribution < -0.4 is 0 Å². The van der Waals surface area contributed by atoms with Gasteiger partial charge in [-0.15, -0.1) is 11.3 Å². The van der Waals surface area contributed by atoms with Crippen molar-refractivity contribution in [2.45, 2.75) is 12.3 Å². The highest BCUT2D eigenvalue weighted by Crippen LogP contribution is 2.53. The maximum atomic E-state index is 5.33. The summed E-state index contributed by atoms with van der Waals surface area (Å²) in [5.41, 5.74) is 13.6. The molecule has 0 bridgehead atoms. The zero-order valence-electron chi connectivity index (χ0n) is 30.2. The van der Waals surface area contributed by atoms with E-state index in [0.29, 0.717) is 0 Å². The lowest BCUT2D eigenvalue weighted by Gasteiger charge is -2.28. The molecule has 2 heterocycles. The number of hydrogen-bond acceptors (Lipinski definition) is 3. The Hall–Kier alpha value is -6.68. The van der Waals surface area contributed by atoms with Gasteiger partial charge in [-0.2, -0.15) is 0 Å². The Balaban J connectivity index is 1.05. The summed E-state index contributed by atoms with van der Waals surface area (Å²) in [7, 11) is 0. The Bertz CT molecular complexity index is 3100. The minimum absolute atomic E-state index is 0.251. The minimum Gasteiger partial charge on any atom is -0.228 e. The van der Waals surface area contributed by atoms with Crippen LogP contribution in [0.2, 0.25) is 0 Å². The molecule has 55 heavy (non-hydrogen) atoms. The molecule has 11 rings (SSSR count). The second-order valence-electron chi connectivity index (χ2n) is 14.7. The van der Waals surface area contributed by atoms with Gasteiger partial charge in [-0.05, 0) is 87.0 Å². The molecule has 2 nitrogen and oxygen atoms in total. The van der Waals surface area contributed by atoms with E-state index in [2.05, 4.69) is 195 Å². The number of rotatable bonds is 5. The molecular formula is C52H34N2S. The van der Waals surface area contributed by atoms with Crippen LogP contribution in [0.1, 0.15) is 23.6 Å². The first-order valence-electron chi connectivity index (χ1n) is 18.8. The Morgan fingerprint density at radius 1 is 0.400 bits per heavy atom. The van der Waals surface area contributed by atoms with Gasteiger partial charge in [0.1, 0.15) is 0 Å². The first kappa shape index (κ1) is 31.8. The van der Waals surface area contributed by atoms with Gasteiger partial charge >= 0.3 is 0 Å². The third-order valence-corrected chi connectivity index (χ3v) is 12.8. The van der Waals surface area contributed by atoms with Crippen LogP contribution in [0.4, 0.5) is 0 Å². The lowest BCUT2D eigenvalue weighted by molar-refractivity contribution is 0.714. The van der Waals surface area contributed by atoms with E-state index < -0.39 is 0 Å². The van der Waals surface area contributed by atoms with Crippen LogP contribution in [0.3, 0.4) is 0 Å². The topological polar surface area (TPSA) is 25.8 Å². The normalized spacial score (nSPS) is 14.7. The van der Waals surface area contributed by atoms with Crippen LogP contribution >= 0.6 is 11.3 Å². The molecule has 1 atom stereocenters. The van der Waals surface area contributed by atoms with Gasteiger partial charge in [0, 0.05) is 42.3 Å². The van der Waals surface area contributed by atoms with E-state index in [9.17, 15) is 0 Å². The number of nitrogens with zero attached hydrogens (tertiary/aromatic N) is 2. The van der Waals surface area contributed by atoms with Gasteiger partial charge in [-0.25, -0.2) is 9.97 Å². The van der Waals surface area contributed by atoms with E-state index in [1.807, 2.05) is 11.3 Å². The highest BCUT2D eigenvalue weighted by Gasteiger charge is 2.40. The quantitative estimate of drug-likeness (QED) is 0.177. The van der Waals surface area contributed by atoms with Crippen molar-refractivity contribution in [1.82, 2.24) is 9.97 Å². The van der Waals surface area contributed by atoms with Crippen molar-refractivity contribution in [1.29, 1.82) is 0 Å². The molecule has 2 aromatic heterocycles. The summed E-state index contributed by atoms with van der Waals surface area (Å²) >= 11 is 1.85. The molecule has 0 spiro atoms. The van der Waals surface area contributed by atoms with E-state index in [4.69, 9.17) is 9.97 Å². The van der Waals surface area contributed by atoms with Crippen LogP contribution in [-0.4, -0.2) is 9.97 Å². The van der Waals surface area contributed by atoms with E-state index in [0.717, 1.165) is 39.3 Å². The number of benzene rings is 8. The van der Waals surface area contributed by atoms with E-state index >= 15 is 0 Å². The minimum atomic E-state index is -0.251. The average Bonchev–Trinajstić information content (AvgIpc) is 3.76.